The fourth-order valence-electron chi connectivity index (χ4n) is 4.77. The molecule has 0 aromatic carbocycles. The highest BCUT2D eigenvalue weighted by Crippen LogP contribution is 2.36. The van der Waals surface area contributed by atoms with Gasteiger partial charge in [0.05, 0.1) is 6.61 Å². The van der Waals surface area contributed by atoms with Crippen molar-refractivity contribution in [2.45, 2.75) is 155 Å². The molecular weight excluding hydrogens is 667 g/mol. The Labute approximate surface area is 308 Å². The first-order chi connectivity index (χ1) is 24.7. The maximum atomic E-state index is 12.4. The number of phosphoric acid groups is 1. The molecule has 0 aliphatic heterocycles. The molecule has 0 aliphatic rings. The van der Waals surface area contributed by atoms with Gasteiger partial charge in [0.15, 0.2) is 11.9 Å². The molecule has 9 nitrogen and oxygen atoms in total. The monoisotopic (exact) mass is 734 g/mol. The number of esters is 2. The zero-order valence-electron chi connectivity index (χ0n) is 31.5. The lowest BCUT2D eigenvalue weighted by Crippen LogP contribution is -2.29. The fraction of sp³-hybridized carbons (Fsp3) is 0.634. The van der Waals surface area contributed by atoms with Crippen molar-refractivity contribution in [3.63, 3.8) is 0 Å². The van der Waals surface area contributed by atoms with E-state index in [4.69, 9.17) is 19.3 Å². The van der Waals surface area contributed by atoms with Crippen molar-refractivity contribution in [3.8, 4) is 0 Å². The minimum absolute atomic E-state index is 0.0285. The van der Waals surface area contributed by atoms with E-state index in [1.54, 1.807) is 6.08 Å². The number of phosphoric ester groups is 1. The van der Waals surface area contributed by atoms with Crippen LogP contribution in [-0.4, -0.2) is 46.8 Å². The standard InChI is InChI=1S/C41H67O9P/c1-3-5-7-9-11-13-15-17-18-20-22-24-26-28-30-34-41(44)50-39(37-49-51(45,46)47)36-48-40(43)35-31-33-38(42)32-29-27-25-23-21-19-16-14-12-10-8-6-4-2/h11-14,17-19,21,25,27,29,32,39H,3-10,15-16,20,22-24,26,28,30-31,33-37H2,1-2H3,(H2,45,46,47)/b13-11-,14-12-,18-17-,21-19-,27-25-,32-29+/t39-/m1/s1. The Kier molecular flexibility index (Phi) is 33.6. The van der Waals surface area contributed by atoms with Gasteiger partial charge in [0.25, 0.3) is 0 Å². The lowest BCUT2D eigenvalue weighted by molar-refractivity contribution is -0.161. The number of hydrogen-bond acceptors (Lipinski definition) is 7. The van der Waals surface area contributed by atoms with Crippen molar-refractivity contribution in [3.05, 3.63) is 72.9 Å². The third-order valence-corrected chi connectivity index (χ3v) is 8.16. The van der Waals surface area contributed by atoms with Crippen LogP contribution < -0.4 is 0 Å². The van der Waals surface area contributed by atoms with E-state index in [0.717, 1.165) is 64.2 Å². The van der Waals surface area contributed by atoms with Gasteiger partial charge in [-0.05, 0) is 76.7 Å². The molecule has 2 N–H and O–H groups in total. The molecule has 290 valence electrons. The summed E-state index contributed by atoms with van der Waals surface area (Å²) in [4.78, 5) is 54.8. The largest absolute Gasteiger partial charge is 0.469 e. The van der Waals surface area contributed by atoms with Gasteiger partial charge in [0.1, 0.15) is 6.61 Å². The van der Waals surface area contributed by atoms with Crippen LogP contribution in [-0.2, 0) is 32.9 Å². The summed E-state index contributed by atoms with van der Waals surface area (Å²) in [5, 5.41) is 0. The zero-order chi connectivity index (χ0) is 37.7. The van der Waals surface area contributed by atoms with E-state index in [2.05, 4.69) is 67.0 Å². The first kappa shape index (κ1) is 48.2. The summed E-state index contributed by atoms with van der Waals surface area (Å²) in [6.07, 6.45) is 42.0. The van der Waals surface area contributed by atoms with Gasteiger partial charge >= 0.3 is 19.8 Å². The molecule has 0 aliphatic carbocycles. The third-order valence-electron chi connectivity index (χ3n) is 7.67. The smallest absolute Gasteiger partial charge is 0.462 e. The number of ketones is 1. The van der Waals surface area contributed by atoms with Gasteiger partial charge in [0, 0.05) is 19.3 Å². The molecule has 0 radical (unpaired) electrons. The van der Waals surface area contributed by atoms with Crippen molar-refractivity contribution in [2.24, 2.45) is 0 Å². The first-order valence-corrected chi connectivity index (χ1v) is 20.7. The maximum Gasteiger partial charge on any atom is 0.469 e. The van der Waals surface area contributed by atoms with Crippen LogP contribution >= 0.6 is 7.82 Å². The highest BCUT2D eigenvalue weighted by Gasteiger charge is 2.23. The number of hydrogen-bond donors (Lipinski definition) is 2. The molecule has 0 aromatic rings. The molecule has 0 amide bonds. The second-order valence-corrected chi connectivity index (χ2v) is 13.8. The molecule has 51 heavy (non-hydrogen) atoms. The molecule has 0 heterocycles. The van der Waals surface area contributed by atoms with E-state index in [0.29, 0.717) is 6.42 Å². The van der Waals surface area contributed by atoms with Gasteiger partial charge in [-0.1, -0.05) is 126 Å². The highest BCUT2D eigenvalue weighted by molar-refractivity contribution is 7.46. The molecule has 1 atom stereocenters. The lowest BCUT2D eigenvalue weighted by Gasteiger charge is -2.18. The summed E-state index contributed by atoms with van der Waals surface area (Å²) in [7, 11) is -4.81. The second-order valence-electron chi connectivity index (χ2n) is 12.6. The summed E-state index contributed by atoms with van der Waals surface area (Å²) in [5.41, 5.74) is 0. The van der Waals surface area contributed by atoms with Crippen LogP contribution in [0, 0.1) is 0 Å². The summed E-state index contributed by atoms with van der Waals surface area (Å²) in [6.45, 7) is 3.38. The number of unbranched alkanes of at least 4 members (excludes halogenated alkanes) is 11. The SMILES string of the molecule is CCCCC/C=C\C/C=C\C/C=C\C=C\C(=O)CCCC(=O)OC[C@H](COP(=O)(O)O)OC(=O)CCCCCCC/C=C\C/C=C\CCCCC. The summed E-state index contributed by atoms with van der Waals surface area (Å²) < 4.78 is 26.1. The molecule has 0 bridgehead atoms. The van der Waals surface area contributed by atoms with Gasteiger partial charge in [-0.3, -0.25) is 18.9 Å². The van der Waals surface area contributed by atoms with Gasteiger partial charge in [-0.15, -0.1) is 0 Å². The molecular formula is C41H67O9P. The molecule has 0 spiro atoms. The average molecular weight is 735 g/mol. The third kappa shape index (κ3) is 38.2. The van der Waals surface area contributed by atoms with Gasteiger partial charge in [0.2, 0.25) is 0 Å². The van der Waals surface area contributed by atoms with Crippen LogP contribution in [0.3, 0.4) is 0 Å². The summed E-state index contributed by atoms with van der Waals surface area (Å²) in [5.74, 6) is -1.28. The van der Waals surface area contributed by atoms with E-state index in [1.165, 1.54) is 44.6 Å². The quantitative estimate of drug-likeness (QED) is 0.0165. The second kappa shape index (κ2) is 35.6. The molecule has 0 saturated heterocycles. The maximum absolute atomic E-state index is 12.4. The molecule has 0 fully saturated rings. The minimum atomic E-state index is -4.81. The Bertz CT molecular complexity index is 1110. The van der Waals surface area contributed by atoms with Gasteiger partial charge in [-0.2, -0.15) is 0 Å². The van der Waals surface area contributed by atoms with Crippen molar-refractivity contribution < 1.29 is 42.7 Å². The number of rotatable bonds is 34. The topological polar surface area (TPSA) is 136 Å². The predicted molar refractivity (Wildman–Crippen MR) is 207 cm³/mol. The van der Waals surface area contributed by atoms with Crippen LogP contribution in [0.5, 0.6) is 0 Å². The Morgan fingerprint density at radius 2 is 1.08 bits per heavy atom. The average Bonchev–Trinajstić information content (AvgIpc) is 3.09. The number of carbonyl (C=O) groups excluding carboxylic acids is 3. The van der Waals surface area contributed by atoms with Crippen LogP contribution in [0.1, 0.15) is 149 Å². The first-order valence-electron chi connectivity index (χ1n) is 19.2. The van der Waals surface area contributed by atoms with Crippen molar-refractivity contribution in [1.82, 2.24) is 0 Å². The minimum Gasteiger partial charge on any atom is -0.462 e. The van der Waals surface area contributed by atoms with Gasteiger partial charge in [-0.25, -0.2) is 4.57 Å². The summed E-state index contributed by atoms with van der Waals surface area (Å²) >= 11 is 0. The molecule has 10 heteroatoms. The van der Waals surface area contributed by atoms with E-state index in [9.17, 15) is 18.9 Å². The Morgan fingerprint density at radius 3 is 1.67 bits per heavy atom. The Balaban J connectivity index is 4.21. The van der Waals surface area contributed by atoms with Crippen molar-refractivity contribution in [1.29, 1.82) is 0 Å². The Hall–Kier alpha value is -2.84. The Morgan fingerprint density at radius 1 is 0.569 bits per heavy atom. The highest BCUT2D eigenvalue weighted by atomic mass is 31.2. The van der Waals surface area contributed by atoms with Gasteiger partial charge < -0.3 is 19.3 Å². The van der Waals surface area contributed by atoms with Crippen LogP contribution in [0.15, 0.2) is 72.9 Å². The molecule has 0 unspecified atom stereocenters. The van der Waals surface area contributed by atoms with Crippen molar-refractivity contribution >= 4 is 25.5 Å². The predicted octanol–water partition coefficient (Wildman–Crippen LogP) is 10.7. The van der Waals surface area contributed by atoms with E-state index in [-0.39, 0.29) is 31.5 Å². The fourth-order valence-corrected chi connectivity index (χ4v) is 5.13. The van der Waals surface area contributed by atoms with Crippen LogP contribution in [0.25, 0.3) is 0 Å². The van der Waals surface area contributed by atoms with Crippen molar-refractivity contribution in [2.75, 3.05) is 13.2 Å². The van der Waals surface area contributed by atoms with Crippen LogP contribution in [0.2, 0.25) is 0 Å². The molecule has 0 saturated carbocycles. The van der Waals surface area contributed by atoms with E-state index < -0.39 is 39.1 Å². The number of allylic oxidation sites excluding steroid dienone is 12. The summed E-state index contributed by atoms with van der Waals surface area (Å²) in [6, 6.07) is 0. The normalized spacial score (nSPS) is 13.2. The molecule has 0 rings (SSSR count). The lowest BCUT2D eigenvalue weighted by atomic mass is 10.1. The molecule has 0 aromatic heterocycles. The zero-order valence-corrected chi connectivity index (χ0v) is 32.4. The number of ether oxygens (including phenoxy) is 2. The number of carbonyl (C=O) groups is 3. The van der Waals surface area contributed by atoms with E-state index >= 15 is 0 Å². The van der Waals surface area contributed by atoms with Crippen LogP contribution in [0.4, 0.5) is 0 Å². The van der Waals surface area contributed by atoms with E-state index in [1.807, 2.05) is 12.2 Å².